The Morgan fingerprint density at radius 3 is 2.77 bits per heavy atom. The Labute approximate surface area is 163 Å². The number of carbonyl (C=O) groups is 2. The van der Waals surface area contributed by atoms with Gasteiger partial charge in [-0.1, -0.05) is 29.7 Å². The summed E-state index contributed by atoms with van der Waals surface area (Å²) < 4.78 is 6.06. The summed E-state index contributed by atoms with van der Waals surface area (Å²) in [7, 11) is 0. The average molecular weight is 432 g/mol. The standard InChI is InChI=1S/C19H12BrClN2O3/c1-2-8-26-17-7-6-12(9-15(17)20)10-16-18(24)23(19(25)22-16)14-5-3-4-13(21)11-14/h1,3-7,9-11H,8H2,(H,22,25)/b16-10+. The Hall–Kier alpha value is -2.75. The molecule has 1 N–H and O–H groups in total. The normalized spacial score (nSPS) is 15.1. The van der Waals surface area contributed by atoms with E-state index in [9.17, 15) is 9.59 Å². The number of nitrogens with one attached hydrogen (secondary N) is 1. The highest BCUT2D eigenvalue weighted by molar-refractivity contribution is 9.10. The molecule has 2 aromatic rings. The summed E-state index contributed by atoms with van der Waals surface area (Å²) in [6.07, 6.45) is 6.76. The van der Waals surface area contributed by atoms with Gasteiger partial charge < -0.3 is 10.1 Å². The number of terminal acetylenes is 1. The Morgan fingerprint density at radius 1 is 1.27 bits per heavy atom. The van der Waals surface area contributed by atoms with Gasteiger partial charge in [-0.15, -0.1) is 6.42 Å². The number of hydrogen-bond acceptors (Lipinski definition) is 3. The van der Waals surface area contributed by atoms with Crippen LogP contribution in [0.1, 0.15) is 5.56 Å². The van der Waals surface area contributed by atoms with Crippen molar-refractivity contribution < 1.29 is 14.3 Å². The number of anilines is 1. The summed E-state index contributed by atoms with van der Waals surface area (Å²) in [6, 6.07) is 11.2. The van der Waals surface area contributed by atoms with Crippen molar-refractivity contribution in [1.29, 1.82) is 0 Å². The van der Waals surface area contributed by atoms with Crippen LogP contribution in [0.15, 0.2) is 52.6 Å². The zero-order valence-electron chi connectivity index (χ0n) is 13.3. The molecular weight excluding hydrogens is 420 g/mol. The highest BCUT2D eigenvalue weighted by Gasteiger charge is 2.34. The molecule has 0 saturated carbocycles. The molecular formula is C19H12BrClN2O3. The Bertz CT molecular complexity index is 965. The van der Waals surface area contributed by atoms with Crippen LogP contribution in [0.4, 0.5) is 10.5 Å². The fourth-order valence-corrected chi connectivity index (χ4v) is 3.09. The first-order valence-electron chi connectivity index (χ1n) is 7.48. The molecule has 0 bridgehead atoms. The zero-order chi connectivity index (χ0) is 18.7. The average Bonchev–Trinajstić information content (AvgIpc) is 2.88. The summed E-state index contributed by atoms with van der Waals surface area (Å²) >= 11 is 9.33. The lowest BCUT2D eigenvalue weighted by atomic mass is 10.2. The second-order valence-electron chi connectivity index (χ2n) is 5.29. The number of halogens is 2. The van der Waals surface area contributed by atoms with Crippen LogP contribution in [0, 0.1) is 12.3 Å². The molecule has 1 heterocycles. The number of benzene rings is 2. The highest BCUT2D eigenvalue weighted by Crippen LogP contribution is 2.28. The van der Waals surface area contributed by atoms with Gasteiger partial charge in [0.05, 0.1) is 10.2 Å². The molecule has 7 heteroatoms. The van der Waals surface area contributed by atoms with Crippen molar-refractivity contribution in [3.8, 4) is 18.1 Å². The predicted molar refractivity (Wildman–Crippen MR) is 104 cm³/mol. The first kappa shape index (κ1) is 18.1. The molecule has 0 spiro atoms. The largest absolute Gasteiger partial charge is 0.480 e. The number of nitrogens with zero attached hydrogens (tertiary/aromatic N) is 1. The number of imide groups is 1. The second-order valence-corrected chi connectivity index (χ2v) is 6.58. The van der Waals surface area contributed by atoms with Crippen molar-refractivity contribution in [3.05, 3.63) is 63.2 Å². The zero-order valence-corrected chi connectivity index (χ0v) is 15.7. The van der Waals surface area contributed by atoms with Crippen LogP contribution < -0.4 is 15.0 Å². The van der Waals surface area contributed by atoms with E-state index in [4.69, 9.17) is 22.8 Å². The van der Waals surface area contributed by atoms with Crippen molar-refractivity contribution in [3.63, 3.8) is 0 Å². The van der Waals surface area contributed by atoms with Crippen LogP contribution in [0.5, 0.6) is 5.75 Å². The van der Waals surface area contributed by atoms with Crippen molar-refractivity contribution in [1.82, 2.24) is 5.32 Å². The van der Waals surface area contributed by atoms with Crippen molar-refractivity contribution in [2.24, 2.45) is 0 Å². The SMILES string of the molecule is C#CCOc1ccc(/C=C2/NC(=O)N(c3cccc(Cl)c3)C2=O)cc1Br. The van der Waals surface area contributed by atoms with Crippen LogP contribution in [-0.4, -0.2) is 18.5 Å². The van der Waals surface area contributed by atoms with E-state index in [-0.39, 0.29) is 12.3 Å². The molecule has 1 saturated heterocycles. The van der Waals surface area contributed by atoms with E-state index < -0.39 is 11.9 Å². The van der Waals surface area contributed by atoms with Gasteiger partial charge in [-0.25, -0.2) is 9.69 Å². The van der Waals surface area contributed by atoms with Crippen LogP contribution in [0.3, 0.4) is 0 Å². The third-order valence-electron chi connectivity index (χ3n) is 3.52. The third kappa shape index (κ3) is 3.74. The maximum Gasteiger partial charge on any atom is 0.333 e. The summed E-state index contributed by atoms with van der Waals surface area (Å²) in [5, 5.41) is 3.01. The number of carbonyl (C=O) groups excluding carboxylic acids is 2. The van der Waals surface area contributed by atoms with Crippen LogP contribution in [0.2, 0.25) is 5.02 Å². The van der Waals surface area contributed by atoms with E-state index >= 15 is 0 Å². The van der Waals surface area contributed by atoms with E-state index in [1.54, 1.807) is 48.5 Å². The van der Waals surface area contributed by atoms with Gasteiger partial charge in [-0.3, -0.25) is 4.79 Å². The molecule has 3 rings (SSSR count). The Morgan fingerprint density at radius 2 is 2.08 bits per heavy atom. The van der Waals surface area contributed by atoms with Crippen LogP contribution in [0.25, 0.3) is 6.08 Å². The molecule has 2 aromatic carbocycles. The number of hydrogen-bond donors (Lipinski definition) is 1. The molecule has 0 aromatic heterocycles. The van der Waals surface area contributed by atoms with Gasteiger partial charge in [0.15, 0.2) is 0 Å². The van der Waals surface area contributed by atoms with Gasteiger partial charge in [-0.2, -0.15) is 0 Å². The van der Waals surface area contributed by atoms with Gasteiger partial charge in [0, 0.05) is 5.02 Å². The fourth-order valence-electron chi connectivity index (χ4n) is 2.39. The maximum atomic E-state index is 12.6. The molecule has 5 nitrogen and oxygen atoms in total. The molecule has 1 aliphatic rings. The third-order valence-corrected chi connectivity index (χ3v) is 4.38. The highest BCUT2D eigenvalue weighted by atomic mass is 79.9. The van der Waals surface area contributed by atoms with E-state index in [2.05, 4.69) is 27.2 Å². The maximum absolute atomic E-state index is 12.6. The molecule has 0 radical (unpaired) electrons. The van der Waals surface area contributed by atoms with Gasteiger partial charge in [0.1, 0.15) is 18.1 Å². The molecule has 26 heavy (non-hydrogen) atoms. The lowest BCUT2D eigenvalue weighted by molar-refractivity contribution is -0.113. The fraction of sp³-hybridized carbons (Fsp3) is 0.0526. The summed E-state index contributed by atoms with van der Waals surface area (Å²) in [4.78, 5) is 25.8. The molecule has 1 aliphatic heterocycles. The van der Waals surface area contributed by atoms with E-state index in [0.717, 1.165) is 4.90 Å². The topological polar surface area (TPSA) is 58.6 Å². The first-order chi connectivity index (χ1) is 12.5. The van der Waals surface area contributed by atoms with Gasteiger partial charge in [0.25, 0.3) is 5.91 Å². The first-order valence-corrected chi connectivity index (χ1v) is 8.65. The molecule has 0 unspecified atom stereocenters. The van der Waals surface area contributed by atoms with E-state index in [0.29, 0.717) is 26.5 Å². The molecule has 0 atom stereocenters. The summed E-state index contributed by atoms with van der Waals surface area (Å²) in [5.74, 6) is 2.52. The van der Waals surface area contributed by atoms with Crippen molar-refractivity contribution in [2.45, 2.75) is 0 Å². The Balaban J connectivity index is 1.86. The lowest BCUT2D eigenvalue weighted by Crippen LogP contribution is -2.30. The van der Waals surface area contributed by atoms with Crippen molar-refractivity contribution >= 4 is 51.2 Å². The van der Waals surface area contributed by atoms with Gasteiger partial charge in [-0.05, 0) is 57.9 Å². The minimum Gasteiger partial charge on any atom is -0.480 e. The number of amides is 3. The second kappa shape index (κ2) is 7.65. The molecule has 1 fully saturated rings. The van der Waals surface area contributed by atoms with Gasteiger partial charge in [0.2, 0.25) is 0 Å². The summed E-state index contributed by atoms with van der Waals surface area (Å²) in [5.41, 5.74) is 1.28. The van der Waals surface area contributed by atoms with E-state index in [1.807, 2.05) is 0 Å². The molecule has 0 aliphatic carbocycles. The summed E-state index contributed by atoms with van der Waals surface area (Å²) in [6.45, 7) is 0.155. The minimum absolute atomic E-state index is 0.155. The molecule has 130 valence electrons. The monoisotopic (exact) mass is 430 g/mol. The van der Waals surface area contributed by atoms with Crippen LogP contribution >= 0.6 is 27.5 Å². The van der Waals surface area contributed by atoms with Crippen LogP contribution in [-0.2, 0) is 4.79 Å². The number of urea groups is 1. The predicted octanol–water partition coefficient (Wildman–Crippen LogP) is 4.21. The molecule has 3 amide bonds. The van der Waals surface area contributed by atoms with Crippen molar-refractivity contribution in [2.75, 3.05) is 11.5 Å². The number of rotatable bonds is 4. The quantitative estimate of drug-likeness (QED) is 0.448. The smallest absolute Gasteiger partial charge is 0.333 e. The minimum atomic E-state index is -0.531. The van der Waals surface area contributed by atoms with Gasteiger partial charge >= 0.3 is 6.03 Å². The number of ether oxygens (including phenoxy) is 1. The Kier molecular flexibility index (Phi) is 5.31. The lowest BCUT2D eigenvalue weighted by Gasteiger charge is -2.11. The van der Waals surface area contributed by atoms with E-state index in [1.165, 1.54) is 0 Å².